The maximum absolute atomic E-state index is 12.7. The summed E-state index contributed by atoms with van der Waals surface area (Å²) in [5.74, 6) is 0.889. The number of ether oxygens (including phenoxy) is 1. The Labute approximate surface area is 175 Å². The average Bonchev–Trinajstić information content (AvgIpc) is 2.75. The average molecular weight is 410 g/mol. The first-order valence-electron chi connectivity index (χ1n) is 9.84. The zero-order valence-electron chi connectivity index (χ0n) is 16.4. The van der Waals surface area contributed by atoms with E-state index >= 15 is 0 Å². The number of halogens is 1. The van der Waals surface area contributed by atoms with Crippen LogP contribution in [-0.4, -0.2) is 42.0 Å². The first-order chi connectivity index (χ1) is 14.1. The summed E-state index contributed by atoms with van der Waals surface area (Å²) >= 11 is 5.93. The second kappa shape index (κ2) is 8.80. The van der Waals surface area contributed by atoms with Crippen LogP contribution in [0.2, 0.25) is 5.15 Å². The van der Waals surface area contributed by atoms with E-state index in [-0.39, 0.29) is 11.9 Å². The van der Waals surface area contributed by atoms with E-state index in [1.807, 2.05) is 36.4 Å². The number of carbonyl (C=O) groups is 1. The van der Waals surface area contributed by atoms with E-state index in [9.17, 15) is 4.79 Å². The van der Waals surface area contributed by atoms with Crippen LogP contribution < -0.4 is 10.1 Å². The number of aromatic nitrogens is 1. The van der Waals surface area contributed by atoms with Gasteiger partial charge in [-0.15, -0.1) is 0 Å². The van der Waals surface area contributed by atoms with Crippen LogP contribution >= 0.6 is 11.6 Å². The zero-order chi connectivity index (χ0) is 20.2. The molecule has 0 unspecified atom stereocenters. The number of rotatable bonds is 5. The van der Waals surface area contributed by atoms with Gasteiger partial charge in [0, 0.05) is 42.2 Å². The molecule has 6 heteroatoms. The Kier molecular flexibility index (Phi) is 5.97. The SMILES string of the molecule is COc1ccccc1CN1CCC(NC(=O)c2ccc3nc(Cl)ccc3c2)CC1. The van der Waals surface area contributed by atoms with Gasteiger partial charge in [-0.05, 0) is 49.2 Å². The topological polar surface area (TPSA) is 54.5 Å². The number of para-hydroxylation sites is 1. The number of nitrogens with zero attached hydrogens (tertiary/aromatic N) is 2. The molecule has 0 aliphatic carbocycles. The predicted octanol–water partition coefficient (Wildman–Crippen LogP) is 4.29. The minimum Gasteiger partial charge on any atom is -0.496 e. The van der Waals surface area contributed by atoms with E-state index in [2.05, 4.69) is 21.3 Å². The molecule has 0 saturated carbocycles. The second-order valence-electron chi connectivity index (χ2n) is 7.38. The summed E-state index contributed by atoms with van der Waals surface area (Å²) in [6.07, 6.45) is 1.87. The van der Waals surface area contributed by atoms with Crippen molar-refractivity contribution in [2.45, 2.75) is 25.4 Å². The molecule has 0 bridgehead atoms. The van der Waals surface area contributed by atoms with Crippen LogP contribution in [0.25, 0.3) is 10.9 Å². The van der Waals surface area contributed by atoms with Gasteiger partial charge in [-0.25, -0.2) is 4.98 Å². The van der Waals surface area contributed by atoms with Crippen molar-refractivity contribution in [3.05, 3.63) is 70.9 Å². The number of nitrogens with one attached hydrogen (secondary N) is 1. The number of methoxy groups -OCH3 is 1. The monoisotopic (exact) mass is 409 g/mol. The normalized spacial score (nSPS) is 15.4. The molecule has 29 heavy (non-hydrogen) atoms. The molecule has 3 aromatic rings. The highest BCUT2D eigenvalue weighted by atomic mass is 35.5. The van der Waals surface area contributed by atoms with E-state index in [1.165, 1.54) is 5.56 Å². The van der Waals surface area contributed by atoms with Crippen LogP contribution in [0.1, 0.15) is 28.8 Å². The van der Waals surface area contributed by atoms with Gasteiger partial charge in [0.2, 0.25) is 0 Å². The van der Waals surface area contributed by atoms with Gasteiger partial charge >= 0.3 is 0 Å². The fraction of sp³-hybridized carbons (Fsp3) is 0.304. The van der Waals surface area contributed by atoms with E-state index in [0.29, 0.717) is 10.7 Å². The van der Waals surface area contributed by atoms with Crippen LogP contribution in [0.5, 0.6) is 5.75 Å². The molecule has 1 aromatic heterocycles. The number of fused-ring (bicyclic) bond motifs is 1. The minimum absolute atomic E-state index is 0.0370. The number of pyridine rings is 1. The lowest BCUT2D eigenvalue weighted by Crippen LogP contribution is -2.44. The van der Waals surface area contributed by atoms with Crippen LogP contribution in [0.15, 0.2) is 54.6 Å². The third kappa shape index (κ3) is 4.69. The Hall–Kier alpha value is -2.63. The summed E-state index contributed by atoms with van der Waals surface area (Å²) in [5.41, 5.74) is 2.64. The maximum atomic E-state index is 12.7. The number of amides is 1. The molecule has 1 fully saturated rings. The highest BCUT2D eigenvalue weighted by Gasteiger charge is 2.22. The number of piperidine rings is 1. The summed E-state index contributed by atoms with van der Waals surface area (Å²) in [7, 11) is 1.71. The lowest BCUT2D eigenvalue weighted by molar-refractivity contribution is 0.0909. The fourth-order valence-electron chi connectivity index (χ4n) is 3.82. The molecule has 1 aliphatic rings. The van der Waals surface area contributed by atoms with E-state index in [1.54, 1.807) is 19.2 Å². The molecule has 150 valence electrons. The molecule has 2 aromatic carbocycles. The van der Waals surface area contributed by atoms with Crippen LogP contribution in [-0.2, 0) is 6.54 Å². The number of benzene rings is 2. The number of carbonyl (C=O) groups excluding carboxylic acids is 1. The molecule has 1 N–H and O–H groups in total. The molecule has 1 aliphatic heterocycles. The lowest BCUT2D eigenvalue weighted by atomic mass is 10.0. The summed E-state index contributed by atoms with van der Waals surface area (Å²) in [6.45, 7) is 2.76. The summed E-state index contributed by atoms with van der Waals surface area (Å²) in [6, 6.07) is 17.5. The van der Waals surface area contributed by atoms with Crippen molar-refractivity contribution in [1.82, 2.24) is 15.2 Å². The Morgan fingerprint density at radius 2 is 1.97 bits per heavy atom. The molecule has 0 spiro atoms. The van der Waals surface area contributed by atoms with Gasteiger partial charge in [0.05, 0.1) is 12.6 Å². The van der Waals surface area contributed by atoms with Gasteiger partial charge in [-0.2, -0.15) is 0 Å². The fourth-order valence-corrected chi connectivity index (χ4v) is 3.97. The summed E-state index contributed by atoms with van der Waals surface area (Å²) < 4.78 is 5.45. The first kappa shape index (κ1) is 19.7. The van der Waals surface area contributed by atoms with Crippen molar-refractivity contribution in [1.29, 1.82) is 0 Å². The molecule has 2 heterocycles. The Morgan fingerprint density at radius 3 is 2.76 bits per heavy atom. The molecule has 0 radical (unpaired) electrons. The summed E-state index contributed by atoms with van der Waals surface area (Å²) in [5, 5.41) is 4.55. The quantitative estimate of drug-likeness (QED) is 0.638. The Morgan fingerprint density at radius 1 is 1.17 bits per heavy atom. The third-order valence-corrected chi connectivity index (χ3v) is 5.64. The van der Waals surface area contributed by atoms with Crippen molar-refractivity contribution < 1.29 is 9.53 Å². The molecule has 0 atom stereocenters. The van der Waals surface area contributed by atoms with Crippen LogP contribution in [0.4, 0.5) is 0 Å². The highest BCUT2D eigenvalue weighted by Crippen LogP contribution is 2.22. The van der Waals surface area contributed by atoms with Gasteiger partial charge in [0.1, 0.15) is 10.9 Å². The number of likely N-dealkylation sites (tertiary alicyclic amines) is 1. The van der Waals surface area contributed by atoms with Crippen molar-refractivity contribution in [2.24, 2.45) is 0 Å². The van der Waals surface area contributed by atoms with Crippen molar-refractivity contribution in [2.75, 3.05) is 20.2 Å². The smallest absolute Gasteiger partial charge is 0.251 e. The van der Waals surface area contributed by atoms with E-state index in [4.69, 9.17) is 16.3 Å². The van der Waals surface area contributed by atoms with Gasteiger partial charge in [0.15, 0.2) is 0 Å². The Bertz CT molecular complexity index is 1020. The van der Waals surface area contributed by atoms with Gasteiger partial charge < -0.3 is 10.1 Å². The molecule has 1 saturated heterocycles. The van der Waals surface area contributed by atoms with Crippen molar-refractivity contribution in [3.8, 4) is 5.75 Å². The summed E-state index contributed by atoms with van der Waals surface area (Å²) in [4.78, 5) is 19.4. The largest absolute Gasteiger partial charge is 0.496 e. The third-order valence-electron chi connectivity index (χ3n) is 5.43. The first-order valence-corrected chi connectivity index (χ1v) is 10.2. The predicted molar refractivity (Wildman–Crippen MR) is 116 cm³/mol. The molecule has 4 rings (SSSR count). The van der Waals surface area contributed by atoms with Crippen LogP contribution in [0, 0.1) is 0 Å². The number of hydrogen-bond acceptors (Lipinski definition) is 4. The van der Waals surface area contributed by atoms with E-state index in [0.717, 1.165) is 49.1 Å². The molecular formula is C23H24ClN3O2. The number of hydrogen-bond donors (Lipinski definition) is 1. The standard InChI is InChI=1S/C23H24ClN3O2/c1-29-21-5-3-2-4-18(21)15-27-12-10-19(11-13-27)25-23(28)17-6-8-20-16(14-17)7-9-22(24)26-20/h2-9,14,19H,10-13,15H2,1H3,(H,25,28). The lowest BCUT2D eigenvalue weighted by Gasteiger charge is -2.32. The van der Waals surface area contributed by atoms with Crippen molar-refractivity contribution >= 4 is 28.4 Å². The van der Waals surface area contributed by atoms with Gasteiger partial charge in [0.25, 0.3) is 5.91 Å². The van der Waals surface area contributed by atoms with Crippen LogP contribution in [0.3, 0.4) is 0 Å². The zero-order valence-corrected chi connectivity index (χ0v) is 17.2. The highest BCUT2D eigenvalue weighted by molar-refractivity contribution is 6.29. The van der Waals surface area contributed by atoms with Gasteiger partial charge in [-0.1, -0.05) is 29.8 Å². The van der Waals surface area contributed by atoms with E-state index < -0.39 is 0 Å². The molecular weight excluding hydrogens is 386 g/mol. The maximum Gasteiger partial charge on any atom is 0.251 e. The molecule has 5 nitrogen and oxygen atoms in total. The van der Waals surface area contributed by atoms with Gasteiger partial charge in [-0.3, -0.25) is 9.69 Å². The molecule has 1 amide bonds. The Balaban J connectivity index is 1.33. The van der Waals surface area contributed by atoms with Crippen molar-refractivity contribution in [3.63, 3.8) is 0 Å². The minimum atomic E-state index is -0.0370. The second-order valence-corrected chi connectivity index (χ2v) is 7.76.